The van der Waals surface area contributed by atoms with Crippen LogP contribution in [0, 0.1) is 11.4 Å². The van der Waals surface area contributed by atoms with E-state index >= 15 is 0 Å². The molecule has 1 aliphatic heterocycles. The predicted octanol–water partition coefficient (Wildman–Crippen LogP) is 1.73. The Morgan fingerprint density at radius 2 is 1.97 bits per heavy atom. The number of hydrogen-bond donors (Lipinski definition) is 1. The van der Waals surface area contributed by atoms with E-state index in [9.17, 15) is 13.2 Å². The molecular weight excluding hydrogens is 482 g/mol. The highest BCUT2D eigenvalue weighted by Gasteiger charge is 2.34. The number of benzene rings is 2. The monoisotopic (exact) mass is 505 g/mol. The second-order valence-corrected chi connectivity index (χ2v) is 11.0. The molecule has 3 heterocycles. The number of nitrogens with zero attached hydrogens (tertiary/aromatic N) is 2. The number of nitrogens with two attached hydrogens (primary N) is 1. The highest BCUT2D eigenvalue weighted by Crippen LogP contribution is 2.26. The van der Waals surface area contributed by atoms with E-state index in [1.54, 1.807) is 42.9 Å². The quantitative estimate of drug-likeness (QED) is 0.129. The average Bonchev–Trinajstić information content (AvgIpc) is 3.54. The number of aromatic nitrogens is 2. The van der Waals surface area contributed by atoms with Crippen molar-refractivity contribution in [2.45, 2.75) is 13.5 Å². The van der Waals surface area contributed by atoms with Crippen LogP contribution in [0.5, 0.6) is 5.75 Å². The van der Waals surface area contributed by atoms with E-state index in [-0.39, 0.29) is 11.5 Å². The SMILES string of the molecule is CCS(=O)(=O)[n+]1cc(C(=O)[C-]2C=[S+][C-](c3cccnc3)[NH2+]2)c2ccc(OCc3ccccc3)c[c-]21. The molecule has 0 aliphatic carbocycles. The fraction of sp³-hybridized carbons (Fsp3) is 0.115. The van der Waals surface area contributed by atoms with E-state index in [0.717, 1.165) is 16.5 Å². The third-order valence-electron chi connectivity index (χ3n) is 5.71. The van der Waals surface area contributed by atoms with E-state index in [4.69, 9.17) is 4.74 Å². The Bertz CT molecular complexity index is 1500. The zero-order valence-electron chi connectivity index (χ0n) is 18.9. The molecule has 5 rings (SSSR count). The van der Waals surface area contributed by atoms with Gasteiger partial charge in [-0.05, 0) is 41.3 Å². The number of ether oxygens (including phenoxy) is 1. The van der Waals surface area contributed by atoms with Crippen LogP contribution in [0.15, 0.2) is 79.3 Å². The maximum Gasteiger partial charge on any atom is 0.356 e. The van der Waals surface area contributed by atoms with Crippen LogP contribution in [0.1, 0.15) is 28.4 Å². The van der Waals surface area contributed by atoms with Crippen LogP contribution in [-0.4, -0.2) is 30.3 Å². The first-order valence-corrected chi connectivity index (χ1v) is 13.5. The Morgan fingerprint density at radius 3 is 2.71 bits per heavy atom. The van der Waals surface area contributed by atoms with E-state index in [1.165, 1.54) is 21.5 Å². The maximum absolute atomic E-state index is 13.5. The smallest absolute Gasteiger partial charge is 0.356 e. The normalized spacial score (nSPS) is 13.5. The highest BCUT2D eigenvalue weighted by atomic mass is 32.2. The number of quaternary nitrogens is 1. The van der Waals surface area contributed by atoms with Gasteiger partial charge in [0.25, 0.3) is 5.37 Å². The van der Waals surface area contributed by atoms with Crippen molar-refractivity contribution in [2.75, 3.05) is 5.75 Å². The molecule has 35 heavy (non-hydrogen) atoms. The van der Waals surface area contributed by atoms with Gasteiger partial charge in [-0.15, -0.1) is 12.1 Å². The molecule has 1 aliphatic rings. The molecule has 0 radical (unpaired) electrons. The van der Waals surface area contributed by atoms with Crippen molar-refractivity contribution < 1.29 is 27.2 Å². The number of hydrogen-bond acceptors (Lipinski definition) is 5. The molecule has 4 aromatic rings. The molecule has 2 N–H and O–H groups in total. The molecule has 2 aromatic carbocycles. The highest BCUT2D eigenvalue weighted by molar-refractivity contribution is 7.85. The van der Waals surface area contributed by atoms with Gasteiger partial charge < -0.3 is 19.8 Å². The predicted molar refractivity (Wildman–Crippen MR) is 135 cm³/mol. The van der Waals surface area contributed by atoms with Gasteiger partial charge in [0.2, 0.25) is 0 Å². The molecule has 7 nitrogen and oxygen atoms in total. The van der Waals surface area contributed by atoms with Gasteiger partial charge in [-0.25, -0.2) is 0 Å². The summed E-state index contributed by atoms with van der Waals surface area (Å²) in [5.41, 5.74) is 2.68. The summed E-state index contributed by atoms with van der Waals surface area (Å²) in [5.74, 6) is 0.202. The summed E-state index contributed by atoms with van der Waals surface area (Å²) in [6, 6.07) is 19.2. The zero-order valence-corrected chi connectivity index (χ0v) is 20.6. The Hall–Kier alpha value is -3.66. The van der Waals surface area contributed by atoms with Gasteiger partial charge in [-0.3, -0.25) is 0 Å². The van der Waals surface area contributed by atoms with Crippen molar-refractivity contribution >= 4 is 43.4 Å². The summed E-state index contributed by atoms with van der Waals surface area (Å²) in [4.78, 5) is 17.6. The summed E-state index contributed by atoms with van der Waals surface area (Å²) in [7, 11) is -3.64. The maximum atomic E-state index is 13.5. The number of Topliss-reactive ketones (excluding diaryl/α,β-unsaturated/α-hetero) is 1. The van der Waals surface area contributed by atoms with Gasteiger partial charge in [0.05, 0.1) is 11.8 Å². The molecule has 178 valence electrons. The molecule has 0 atom stereocenters. The number of ketones is 1. The third kappa shape index (κ3) is 4.66. The van der Waals surface area contributed by atoms with Gasteiger partial charge >= 0.3 is 10.0 Å². The van der Waals surface area contributed by atoms with Crippen molar-refractivity contribution in [3.05, 3.63) is 107 Å². The van der Waals surface area contributed by atoms with Crippen molar-refractivity contribution in [1.29, 1.82) is 0 Å². The van der Waals surface area contributed by atoms with Crippen molar-refractivity contribution in [2.24, 2.45) is 0 Å². The average molecular weight is 506 g/mol. The third-order valence-corrected chi connectivity index (χ3v) is 8.32. The summed E-state index contributed by atoms with van der Waals surface area (Å²) in [5, 5.41) is 5.09. The van der Waals surface area contributed by atoms with E-state index in [2.05, 4.69) is 4.98 Å². The van der Waals surface area contributed by atoms with Gasteiger partial charge in [-0.1, -0.05) is 48.7 Å². The van der Waals surface area contributed by atoms with Crippen LogP contribution in [0.4, 0.5) is 0 Å². The first-order valence-electron chi connectivity index (χ1n) is 11.0. The summed E-state index contributed by atoms with van der Waals surface area (Å²) < 4.78 is 32.9. The number of rotatable bonds is 8. The van der Waals surface area contributed by atoms with Crippen LogP contribution in [0.25, 0.3) is 10.9 Å². The molecule has 0 bridgehead atoms. The zero-order chi connectivity index (χ0) is 24.4. The Balaban J connectivity index is 1.46. The standard InChI is InChI=1S/C26H23N3O4S2/c1-2-35(31,32)29-15-22(25(30)23-17-34-26(28-23)19-9-6-12-27-14-19)21-11-10-20(13-24(21)29)33-16-18-7-4-3-5-8-18/h3-15,17H,2,16,28H2,1H3. The number of pyridine rings is 1. The molecule has 0 saturated carbocycles. The minimum Gasteiger partial charge on any atom is -0.523 e. The van der Waals surface area contributed by atoms with Crippen molar-refractivity contribution in [3.8, 4) is 5.75 Å². The summed E-state index contributed by atoms with van der Waals surface area (Å²) in [6.07, 6.45) is 4.87. The molecule has 2 aromatic heterocycles. The van der Waals surface area contributed by atoms with E-state index in [1.807, 2.05) is 47.8 Å². The fourth-order valence-electron chi connectivity index (χ4n) is 3.83. The molecule has 0 saturated heterocycles. The Kier molecular flexibility index (Phi) is 6.29. The minimum absolute atomic E-state index is 0.0941. The summed E-state index contributed by atoms with van der Waals surface area (Å²) in [6.45, 7) is 1.93. The van der Waals surface area contributed by atoms with Crippen LogP contribution in [0.3, 0.4) is 0 Å². The van der Waals surface area contributed by atoms with E-state index in [0.29, 0.717) is 34.9 Å². The topological polar surface area (TPSA) is 93.8 Å². The molecule has 0 fully saturated rings. The lowest BCUT2D eigenvalue weighted by Crippen LogP contribution is -2.86. The number of fused-ring (bicyclic) bond motifs is 1. The first kappa shape index (κ1) is 23.1. The van der Waals surface area contributed by atoms with Gasteiger partial charge in [0, 0.05) is 0 Å². The van der Waals surface area contributed by atoms with Crippen molar-refractivity contribution in [3.63, 3.8) is 0 Å². The molecule has 0 spiro atoms. The molecule has 0 amide bonds. The first-order chi connectivity index (χ1) is 17.0. The molecule has 0 unspecified atom stereocenters. The minimum atomic E-state index is -3.64. The fourth-order valence-corrected chi connectivity index (χ4v) is 5.71. The van der Waals surface area contributed by atoms with Crippen LogP contribution in [-0.2, 0) is 28.0 Å². The Labute approximate surface area is 207 Å². The van der Waals surface area contributed by atoms with Crippen LogP contribution >= 0.6 is 0 Å². The second-order valence-electron chi connectivity index (χ2n) is 7.96. The van der Waals surface area contributed by atoms with Gasteiger partial charge in [-0.2, -0.15) is 12.4 Å². The molecular formula is C26H23N3O4S2. The summed E-state index contributed by atoms with van der Waals surface area (Å²) >= 11 is 1.45. The lowest BCUT2D eigenvalue weighted by molar-refractivity contribution is -0.580. The van der Waals surface area contributed by atoms with E-state index < -0.39 is 10.0 Å². The number of carbonyl (C=O) groups excluding carboxylic acids is 1. The molecule has 9 heteroatoms. The largest absolute Gasteiger partial charge is 0.523 e. The van der Waals surface area contributed by atoms with Crippen molar-refractivity contribution in [1.82, 2.24) is 4.98 Å². The van der Waals surface area contributed by atoms with Gasteiger partial charge in [0.15, 0.2) is 22.2 Å². The lowest BCUT2D eigenvalue weighted by atomic mass is 10.0. The lowest BCUT2D eigenvalue weighted by Gasteiger charge is -2.13. The number of carbonyl (C=O) groups is 1. The van der Waals surface area contributed by atoms with Gasteiger partial charge in [0.1, 0.15) is 24.3 Å². The Morgan fingerprint density at radius 1 is 1.14 bits per heavy atom. The second kappa shape index (κ2) is 9.53. The van der Waals surface area contributed by atoms with Crippen LogP contribution < -0.4 is 14.0 Å². The van der Waals surface area contributed by atoms with Crippen LogP contribution in [0.2, 0.25) is 0 Å².